The summed E-state index contributed by atoms with van der Waals surface area (Å²) >= 11 is 0. The number of carbonyl (C=O) groups excluding carboxylic acids is 3. The van der Waals surface area contributed by atoms with Crippen LogP contribution in [0.4, 0.5) is 0 Å². The van der Waals surface area contributed by atoms with Gasteiger partial charge in [0.15, 0.2) is 6.10 Å². The van der Waals surface area contributed by atoms with Crippen molar-refractivity contribution in [3.8, 4) is 0 Å². The molecule has 0 radical (unpaired) electrons. The molecule has 1 unspecified atom stereocenters. The second kappa shape index (κ2) is 70.3. The summed E-state index contributed by atoms with van der Waals surface area (Å²) in [6, 6.07) is 0. The fourth-order valence-corrected chi connectivity index (χ4v) is 10.5. The van der Waals surface area contributed by atoms with Crippen molar-refractivity contribution >= 4 is 17.9 Å². The highest BCUT2D eigenvalue weighted by molar-refractivity contribution is 5.71. The predicted molar refractivity (Wildman–Crippen MR) is 358 cm³/mol. The Labute approximate surface area is 510 Å². The number of hydrogen-bond donors (Lipinski definition) is 0. The maximum absolute atomic E-state index is 12.9. The zero-order valence-corrected chi connectivity index (χ0v) is 54.8. The van der Waals surface area contributed by atoms with Crippen LogP contribution >= 0.6 is 0 Å². The minimum Gasteiger partial charge on any atom is -0.462 e. The van der Waals surface area contributed by atoms with Crippen molar-refractivity contribution in [2.75, 3.05) is 13.2 Å². The van der Waals surface area contributed by atoms with E-state index in [0.29, 0.717) is 19.3 Å². The monoisotopic (exact) mass is 1150 g/mol. The van der Waals surface area contributed by atoms with Crippen LogP contribution in [0, 0.1) is 0 Å². The number of unbranched alkanes of at least 4 members (excludes halogenated alkanes) is 43. The number of hydrogen-bond acceptors (Lipinski definition) is 6. The van der Waals surface area contributed by atoms with Gasteiger partial charge in [-0.3, -0.25) is 14.4 Å². The molecule has 476 valence electrons. The van der Waals surface area contributed by atoms with Crippen LogP contribution < -0.4 is 0 Å². The second-order valence-electron chi connectivity index (χ2n) is 24.1. The molecule has 0 aromatic heterocycles. The van der Waals surface area contributed by atoms with Gasteiger partial charge in [0, 0.05) is 19.3 Å². The number of esters is 3. The van der Waals surface area contributed by atoms with E-state index in [4.69, 9.17) is 14.2 Å². The first kappa shape index (κ1) is 78.8. The van der Waals surface area contributed by atoms with Crippen molar-refractivity contribution in [1.29, 1.82) is 0 Å². The molecule has 0 aliphatic carbocycles. The normalized spacial score (nSPS) is 12.5. The van der Waals surface area contributed by atoms with E-state index in [-0.39, 0.29) is 31.1 Å². The number of rotatable bonds is 66. The van der Waals surface area contributed by atoms with E-state index in [1.54, 1.807) is 0 Å². The zero-order valence-electron chi connectivity index (χ0n) is 54.8. The van der Waals surface area contributed by atoms with Crippen molar-refractivity contribution in [1.82, 2.24) is 0 Å². The summed E-state index contributed by atoms with van der Waals surface area (Å²) in [7, 11) is 0. The zero-order chi connectivity index (χ0) is 59.2. The van der Waals surface area contributed by atoms with Crippen LogP contribution in [0.2, 0.25) is 0 Å². The van der Waals surface area contributed by atoms with Gasteiger partial charge in [0.2, 0.25) is 0 Å². The van der Waals surface area contributed by atoms with Gasteiger partial charge >= 0.3 is 17.9 Å². The van der Waals surface area contributed by atoms with Gasteiger partial charge in [0.05, 0.1) is 0 Å². The van der Waals surface area contributed by atoms with Crippen LogP contribution in [0.1, 0.15) is 374 Å². The number of allylic oxidation sites excluding steroid dienone is 12. The lowest BCUT2D eigenvalue weighted by molar-refractivity contribution is -0.167. The van der Waals surface area contributed by atoms with Crippen LogP contribution in [-0.4, -0.2) is 37.2 Å². The molecule has 0 fully saturated rings. The van der Waals surface area contributed by atoms with Gasteiger partial charge in [-0.2, -0.15) is 0 Å². The van der Waals surface area contributed by atoms with Crippen molar-refractivity contribution in [3.05, 3.63) is 72.9 Å². The van der Waals surface area contributed by atoms with Crippen LogP contribution in [0.15, 0.2) is 72.9 Å². The first-order chi connectivity index (χ1) is 40.5. The van der Waals surface area contributed by atoms with E-state index in [1.807, 2.05) is 0 Å². The molecular weight excluding hydrogens is 1010 g/mol. The van der Waals surface area contributed by atoms with Gasteiger partial charge < -0.3 is 14.2 Å². The molecule has 0 rings (SSSR count). The third-order valence-electron chi connectivity index (χ3n) is 15.9. The Morgan fingerprint density at radius 3 is 0.720 bits per heavy atom. The Morgan fingerprint density at radius 2 is 0.439 bits per heavy atom. The molecule has 0 aromatic carbocycles. The van der Waals surface area contributed by atoms with Crippen LogP contribution in [0.25, 0.3) is 0 Å². The fraction of sp³-hybridized carbons (Fsp3) is 0.803. The quantitative estimate of drug-likeness (QED) is 0.0261. The first-order valence-electron chi connectivity index (χ1n) is 35.9. The van der Waals surface area contributed by atoms with Crippen molar-refractivity contribution in [2.45, 2.75) is 380 Å². The number of carbonyl (C=O) groups is 3. The average Bonchev–Trinajstić information content (AvgIpc) is 3.47. The third kappa shape index (κ3) is 67.6. The SMILES string of the molecule is CCCCC/C=C\C/C=C\CCCCCCCCCC(=O)OC(COC(=O)CCCCCCC/C=C\CCCCCCCCC)COC(=O)CCCCCCCCCCCCCCCCCC/C=C\C/C=C\C/C=C\CCCCCCC. The summed E-state index contributed by atoms with van der Waals surface area (Å²) < 4.78 is 17.0. The highest BCUT2D eigenvalue weighted by Gasteiger charge is 2.19. The van der Waals surface area contributed by atoms with Gasteiger partial charge in [-0.25, -0.2) is 0 Å². The molecule has 6 heteroatoms. The first-order valence-corrected chi connectivity index (χ1v) is 35.9. The molecule has 0 aliphatic rings. The Bertz CT molecular complexity index is 1500. The van der Waals surface area contributed by atoms with Crippen molar-refractivity contribution < 1.29 is 28.6 Å². The minimum atomic E-state index is -0.784. The molecule has 6 nitrogen and oxygen atoms in total. The molecule has 0 aromatic rings. The van der Waals surface area contributed by atoms with Crippen molar-refractivity contribution in [2.24, 2.45) is 0 Å². The lowest BCUT2D eigenvalue weighted by Crippen LogP contribution is -2.30. The van der Waals surface area contributed by atoms with Crippen molar-refractivity contribution in [3.63, 3.8) is 0 Å². The Kier molecular flexibility index (Phi) is 67.6. The topological polar surface area (TPSA) is 78.9 Å². The maximum atomic E-state index is 12.9. The van der Waals surface area contributed by atoms with E-state index in [2.05, 4.69) is 93.7 Å². The van der Waals surface area contributed by atoms with E-state index in [0.717, 1.165) is 89.9 Å². The van der Waals surface area contributed by atoms with Gasteiger partial charge in [-0.1, -0.05) is 312 Å². The molecule has 0 aliphatic heterocycles. The maximum Gasteiger partial charge on any atom is 0.306 e. The lowest BCUT2D eigenvalue weighted by Gasteiger charge is -2.18. The van der Waals surface area contributed by atoms with E-state index in [1.165, 1.54) is 244 Å². The van der Waals surface area contributed by atoms with Crippen LogP contribution in [-0.2, 0) is 28.6 Å². The summed E-state index contributed by atoms with van der Waals surface area (Å²) in [6.45, 7) is 6.64. The van der Waals surface area contributed by atoms with Gasteiger partial charge in [-0.15, -0.1) is 0 Å². The molecule has 0 saturated carbocycles. The van der Waals surface area contributed by atoms with Crippen LogP contribution in [0.5, 0.6) is 0 Å². The minimum absolute atomic E-state index is 0.0783. The van der Waals surface area contributed by atoms with Crippen LogP contribution in [0.3, 0.4) is 0 Å². The van der Waals surface area contributed by atoms with E-state index < -0.39 is 6.10 Å². The largest absolute Gasteiger partial charge is 0.462 e. The van der Waals surface area contributed by atoms with Gasteiger partial charge in [0.25, 0.3) is 0 Å². The van der Waals surface area contributed by atoms with Gasteiger partial charge in [-0.05, 0) is 116 Å². The summed E-state index contributed by atoms with van der Waals surface area (Å²) in [5.41, 5.74) is 0. The Balaban J connectivity index is 4.24. The summed E-state index contributed by atoms with van der Waals surface area (Å²) in [5, 5.41) is 0. The molecule has 0 N–H and O–H groups in total. The summed E-state index contributed by atoms with van der Waals surface area (Å²) in [4.78, 5) is 38.4. The highest BCUT2D eigenvalue weighted by Crippen LogP contribution is 2.17. The standard InChI is InChI=1S/C76H136O6/c1-4-7-10-13-16-19-22-25-28-31-32-33-34-35-36-37-38-39-40-41-42-43-44-46-48-51-54-57-60-63-66-69-75(78)81-72-73(71-80-74(77)68-65-62-59-56-53-50-47-30-27-24-21-18-15-12-9-6-3)82-76(79)70-67-64-61-58-55-52-49-45-29-26-23-20-17-14-11-8-5-2/h17,20,22,25-26,29-32,34-35,47,73H,4-16,18-19,21,23-24,27-28,33,36-46,48-72H2,1-3H3/b20-17-,25-22-,29-26-,32-31-,35-34-,47-30-. The molecule has 82 heavy (non-hydrogen) atoms. The second-order valence-corrected chi connectivity index (χ2v) is 24.1. The predicted octanol–water partition coefficient (Wildman–Crippen LogP) is 24.8. The fourth-order valence-electron chi connectivity index (χ4n) is 10.5. The summed E-state index contributed by atoms with van der Waals surface area (Å²) in [6.07, 6.45) is 92.2. The van der Waals surface area contributed by atoms with Gasteiger partial charge in [0.1, 0.15) is 13.2 Å². The third-order valence-corrected chi connectivity index (χ3v) is 15.9. The molecule has 0 spiro atoms. The molecule has 0 saturated heterocycles. The molecule has 0 amide bonds. The molecule has 0 heterocycles. The Morgan fingerprint density at radius 1 is 0.244 bits per heavy atom. The average molecular weight is 1150 g/mol. The number of ether oxygens (including phenoxy) is 3. The van der Waals surface area contributed by atoms with E-state index >= 15 is 0 Å². The lowest BCUT2D eigenvalue weighted by atomic mass is 10.0. The Hall–Kier alpha value is -3.15. The molecular formula is C76H136O6. The smallest absolute Gasteiger partial charge is 0.306 e. The summed E-state index contributed by atoms with van der Waals surface area (Å²) in [5.74, 6) is -0.874. The molecule has 0 bridgehead atoms. The highest BCUT2D eigenvalue weighted by atomic mass is 16.6. The van der Waals surface area contributed by atoms with E-state index in [9.17, 15) is 14.4 Å². The molecule has 1 atom stereocenters.